The predicted molar refractivity (Wildman–Crippen MR) is 118 cm³/mol. The number of carbonyl (C=O) groups is 1. The van der Waals surface area contributed by atoms with Crippen molar-refractivity contribution in [2.45, 2.75) is 6.61 Å². The topological polar surface area (TPSA) is 60.7 Å². The first-order chi connectivity index (χ1) is 14.0. The van der Waals surface area contributed by atoms with E-state index in [1.165, 1.54) is 28.7 Å². The van der Waals surface area contributed by atoms with E-state index in [0.29, 0.717) is 25.6 Å². The van der Waals surface area contributed by atoms with Crippen LogP contribution in [0, 0.1) is 0 Å². The molecule has 5 nitrogen and oxygen atoms in total. The van der Waals surface area contributed by atoms with Gasteiger partial charge in [0.05, 0.1) is 20.9 Å². The normalized spacial score (nSPS) is 11.5. The highest BCUT2D eigenvalue weighted by Gasteiger charge is 2.19. The third-order valence-corrected chi connectivity index (χ3v) is 7.27. The summed E-state index contributed by atoms with van der Waals surface area (Å²) >= 11 is 15.0. The Labute approximate surface area is 181 Å². The first-order valence-corrected chi connectivity index (χ1v) is 10.8. The lowest BCUT2D eigenvalue weighted by Gasteiger charge is -2.04. The quantitative estimate of drug-likeness (QED) is 0.319. The molecule has 0 atom stereocenters. The van der Waals surface area contributed by atoms with E-state index in [9.17, 15) is 9.59 Å². The van der Waals surface area contributed by atoms with Gasteiger partial charge >= 0.3 is 5.97 Å². The van der Waals surface area contributed by atoms with Crippen LogP contribution in [0.4, 0.5) is 0 Å². The molecule has 3 heterocycles. The Morgan fingerprint density at radius 1 is 1.07 bits per heavy atom. The molecule has 0 aliphatic rings. The molecular weight excluding hydrogens is 451 g/mol. The minimum atomic E-state index is -0.564. The Bertz CT molecular complexity index is 1490. The van der Waals surface area contributed by atoms with Gasteiger partial charge in [0.2, 0.25) is 0 Å². The number of carbonyl (C=O) groups excluding carboxylic acids is 1. The lowest BCUT2D eigenvalue weighted by atomic mass is 10.2. The summed E-state index contributed by atoms with van der Waals surface area (Å²) in [6.07, 6.45) is 0. The van der Waals surface area contributed by atoms with E-state index in [1.807, 2.05) is 24.3 Å². The van der Waals surface area contributed by atoms with Gasteiger partial charge in [0.15, 0.2) is 4.96 Å². The Morgan fingerprint density at radius 3 is 2.76 bits per heavy atom. The standard InChI is InChI=1S/C20H10Cl2N2O3S2/c21-10-5-6-12-15(7-10)28-18(17(12)22)19(26)27-9-11-8-16(25)24-13-3-1-2-4-14(13)29-20(24)23-11/h1-8H,9H2. The molecule has 0 spiro atoms. The smallest absolute Gasteiger partial charge is 0.350 e. The number of rotatable bonds is 3. The second-order valence-corrected chi connectivity index (χ2v) is 9.11. The highest BCUT2D eigenvalue weighted by Crippen LogP contribution is 2.37. The summed E-state index contributed by atoms with van der Waals surface area (Å²) in [5.41, 5.74) is 0.979. The average Bonchev–Trinajstić information content (AvgIpc) is 3.23. The van der Waals surface area contributed by atoms with Crippen molar-refractivity contribution in [3.63, 3.8) is 0 Å². The largest absolute Gasteiger partial charge is 0.455 e. The number of esters is 1. The van der Waals surface area contributed by atoms with E-state index in [1.54, 1.807) is 22.6 Å². The summed E-state index contributed by atoms with van der Waals surface area (Å²) in [5.74, 6) is -0.564. The van der Waals surface area contributed by atoms with Crippen molar-refractivity contribution in [1.82, 2.24) is 9.38 Å². The monoisotopic (exact) mass is 460 g/mol. The van der Waals surface area contributed by atoms with E-state index in [4.69, 9.17) is 27.9 Å². The van der Waals surface area contributed by atoms with Crippen LogP contribution >= 0.6 is 45.9 Å². The number of ether oxygens (including phenoxy) is 1. The molecule has 5 aromatic rings. The van der Waals surface area contributed by atoms with Crippen molar-refractivity contribution >= 4 is 77.1 Å². The van der Waals surface area contributed by atoms with Crippen LogP contribution < -0.4 is 5.56 Å². The second kappa shape index (κ2) is 7.11. The number of hydrogen-bond donors (Lipinski definition) is 0. The van der Waals surface area contributed by atoms with Crippen LogP contribution in [0.25, 0.3) is 25.3 Å². The molecule has 0 fully saturated rings. The van der Waals surface area contributed by atoms with E-state index < -0.39 is 5.97 Å². The first kappa shape index (κ1) is 18.6. The van der Waals surface area contributed by atoms with Crippen molar-refractivity contribution < 1.29 is 9.53 Å². The minimum Gasteiger partial charge on any atom is -0.455 e. The van der Waals surface area contributed by atoms with Crippen LogP contribution in [0.3, 0.4) is 0 Å². The highest BCUT2D eigenvalue weighted by atomic mass is 35.5. The molecule has 0 radical (unpaired) electrons. The van der Waals surface area contributed by atoms with E-state index in [-0.39, 0.29) is 12.2 Å². The lowest BCUT2D eigenvalue weighted by molar-refractivity contribution is 0.0474. The van der Waals surface area contributed by atoms with Crippen LogP contribution in [0.2, 0.25) is 10.0 Å². The number of hydrogen-bond acceptors (Lipinski definition) is 6. The summed E-state index contributed by atoms with van der Waals surface area (Å²) in [7, 11) is 0. The van der Waals surface area contributed by atoms with Crippen molar-refractivity contribution in [3.8, 4) is 0 Å². The first-order valence-electron chi connectivity index (χ1n) is 8.46. The fourth-order valence-electron chi connectivity index (χ4n) is 3.07. The van der Waals surface area contributed by atoms with Gasteiger partial charge in [-0.05, 0) is 24.3 Å². The van der Waals surface area contributed by atoms with Crippen LogP contribution in [0.1, 0.15) is 15.4 Å². The maximum absolute atomic E-state index is 12.6. The molecule has 5 rings (SSSR count). The summed E-state index contributed by atoms with van der Waals surface area (Å²) in [4.78, 5) is 30.4. The van der Waals surface area contributed by atoms with Gasteiger partial charge in [0.1, 0.15) is 11.5 Å². The number of thiophene rings is 1. The highest BCUT2D eigenvalue weighted by molar-refractivity contribution is 7.23. The molecule has 0 aliphatic carbocycles. The summed E-state index contributed by atoms with van der Waals surface area (Å²) in [6, 6.07) is 14.2. The Balaban J connectivity index is 1.44. The number of para-hydroxylation sites is 1. The van der Waals surface area contributed by atoms with E-state index in [0.717, 1.165) is 20.3 Å². The third kappa shape index (κ3) is 3.20. The molecule has 0 bridgehead atoms. The van der Waals surface area contributed by atoms with Gasteiger partial charge < -0.3 is 4.74 Å². The van der Waals surface area contributed by atoms with E-state index >= 15 is 0 Å². The molecule has 2 aromatic carbocycles. The van der Waals surface area contributed by atoms with Gasteiger partial charge in [-0.15, -0.1) is 11.3 Å². The Kier molecular flexibility index (Phi) is 4.55. The molecule has 0 amide bonds. The van der Waals surface area contributed by atoms with Crippen LogP contribution in [0.5, 0.6) is 0 Å². The molecule has 0 aliphatic heterocycles. The third-order valence-electron chi connectivity index (χ3n) is 4.38. The number of benzene rings is 2. The Morgan fingerprint density at radius 2 is 1.90 bits per heavy atom. The van der Waals surface area contributed by atoms with Crippen molar-refractivity contribution in [1.29, 1.82) is 0 Å². The molecule has 0 unspecified atom stereocenters. The molecule has 0 saturated carbocycles. The van der Waals surface area contributed by atoms with Gasteiger partial charge in [-0.3, -0.25) is 9.20 Å². The van der Waals surface area contributed by atoms with Crippen molar-refractivity contribution in [3.05, 3.63) is 79.5 Å². The van der Waals surface area contributed by atoms with Crippen LogP contribution in [0.15, 0.2) is 53.3 Å². The van der Waals surface area contributed by atoms with Gasteiger partial charge in [-0.2, -0.15) is 0 Å². The Hall–Kier alpha value is -2.45. The van der Waals surface area contributed by atoms with Crippen LogP contribution in [-0.4, -0.2) is 15.4 Å². The van der Waals surface area contributed by atoms with Gasteiger partial charge in [-0.1, -0.05) is 52.7 Å². The van der Waals surface area contributed by atoms with Gasteiger partial charge in [0, 0.05) is 21.2 Å². The fourth-order valence-corrected chi connectivity index (χ4v) is 5.80. The zero-order chi connectivity index (χ0) is 20.1. The lowest BCUT2D eigenvalue weighted by Crippen LogP contribution is -2.15. The summed E-state index contributed by atoms with van der Waals surface area (Å²) in [5, 5.41) is 1.65. The summed E-state index contributed by atoms with van der Waals surface area (Å²) in [6.45, 7) is -0.121. The zero-order valence-electron chi connectivity index (χ0n) is 14.5. The van der Waals surface area contributed by atoms with Crippen molar-refractivity contribution in [2.75, 3.05) is 0 Å². The average molecular weight is 461 g/mol. The SMILES string of the molecule is O=C(OCc1cc(=O)n2c(n1)sc1ccccc12)c1sc2cc(Cl)ccc2c1Cl. The van der Waals surface area contributed by atoms with Crippen LogP contribution in [-0.2, 0) is 11.3 Å². The molecule has 0 saturated heterocycles. The molecule has 0 N–H and O–H groups in total. The van der Waals surface area contributed by atoms with Crippen molar-refractivity contribution in [2.24, 2.45) is 0 Å². The summed E-state index contributed by atoms with van der Waals surface area (Å²) < 4.78 is 8.70. The molecule has 144 valence electrons. The minimum absolute atomic E-state index is 0.121. The number of thiazole rings is 1. The number of aromatic nitrogens is 2. The molecular formula is C20H10Cl2N2O3S2. The number of halogens is 2. The maximum atomic E-state index is 12.6. The number of fused-ring (bicyclic) bond motifs is 4. The predicted octanol–water partition coefficient (Wildman–Crippen LogP) is 5.79. The fraction of sp³-hybridized carbons (Fsp3) is 0.0500. The number of nitrogens with zero attached hydrogens (tertiary/aromatic N) is 2. The maximum Gasteiger partial charge on any atom is 0.350 e. The van der Waals surface area contributed by atoms with Gasteiger partial charge in [0.25, 0.3) is 5.56 Å². The molecule has 3 aromatic heterocycles. The van der Waals surface area contributed by atoms with Gasteiger partial charge in [-0.25, -0.2) is 9.78 Å². The van der Waals surface area contributed by atoms with E-state index in [2.05, 4.69) is 4.98 Å². The zero-order valence-corrected chi connectivity index (χ0v) is 17.7. The molecule has 29 heavy (non-hydrogen) atoms. The molecule has 9 heteroatoms. The second-order valence-electron chi connectivity index (χ2n) is 6.24.